The topological polar surface area (TPSA) is 12.0 Å². The van der Waals surface area contributed by atoms with Crippen LogP contribution in [0.15, 0.2) is 42.5 Å². The second-order valence-corrected chi connectivity index (χ2v) is 5.92. The summed E-state index contributed by atoms with van der Waals surface area (Å²) in [5, 5.41) is 4.46. The fourth-order valence-electron chi connectivity index (χ4n) is 2.61. The number of benzene rings is 2. The SMILES string of the molecule is CCCNC(c1cccc(CC)c1)c1cc(Cl)ccc1C. The Morgan fingerprint density at radius 2 is 1.90 bits per heavy atom. The molecular formula is C19H24ClN. The van der Waals surface area contributed by atoms with Crippen molar-refractivity contribution in [1.82, 2.24) is 5.32 Å². The lowest BCUT2D eigenvalue weighted by atomic mass is 9.93. The number of rotatable bonds is 6. The van der Waals surface area contributed by atoms with Crippen LogP contribution in [-0.2, 0) is 6.42 Å². The first-order valence-electron chi connectivity index (χ1n) is 7.74. The van der Waals surface area contributed by atoms with Gasteiger partial charge in [0.2, 0.25) is 0 Å². The van der Waals surface area contributed by atoms with E-state index in [2.05, 4.69) is 62.5 Å². The fourth-order valence-corrected chi connectivity index (χ4v) is 2.79. The number of hydrogen-bond acceptors (Lipinski definition) is 1. The van der Waals surface area contributed by atoms with E-state index in [-0.39, 0.29) is 6.04 Å². The van der Waals surface area contributed by atoms with Crippen molar-refractivity contribution in [2.75, 3.05) is 6.54 Å². The van der Waals surface area contributed by atoms with Crippen molar-refractivity contribution in [3.63, 3.8) is 0 Å². The summed E-state index contributed by atoms with van der Waals surface area (Å²) in [6.45, 7) is 7.53. The second kappa shape index (κ2) is 7.63. The number of aryl methyl sites for hydroxylation is 2. The quantitative estimate of drug-likeness (QED) is 0.763. The highest BCUT2D eigenvalue weighted by atomic mass is 35.5. The van der Waals surface area contributed by atoms with E-state index in [0.717, 1.165) is 24.4 Å². The summed E-state index contributed by atoms with van der Waals surface area (Å²) in [4.78, 5) is 0. The third-order valence-electron chi connectivity index (χ3n) is 3.84. The number of halogens is 1. The van der Waals surface area contributed by atoms with Gasteiger partial charge in [-0.05, 0) is 60.7 Å². The Labute approximate surface area is 133 Å². The van der Waals surface area contributed by atoms with Crippen molar-refractivity contribution in [2.45, 2.75) is 39.7 Å². The highest BCUT2D eigenvalue weighted by Crippen LogP contribution is 2.28. The molecule has 1 nitrogen and oxygen atoms in total. The predicted octanol–water partition coefficient (Wildman–Crippen LogP) is 5.30. The summed E-state index contributed by atoms with van der Waals surface area (Å²) in [5.41, 5.74) is 5.22. The van der Waals surface area contributed by atoms with E-state index in [9.17, 15) is 0 Å². The third kappa shape index (κ3) is 4.09. The molecule has 2 rings (SSSR count). The molecule has 0 spiro atoms. The van der Waals surface area contributed by atoms with Gasteiger partial charge in [-0.2, -0.15) is 0 Å². The zero-order valence-electron chi connectivity index (χ0n) is 13.1. The van der Waals surface area contributed by atoms with E-state index in [1.807, 2.05) is 6.07 Å². The lowest BCUT2D eigenvalue weighted by molar-refractivity contribution is 0.596. The van der Waals surface area contributed by atoms with Crippen LogP contribution in [0.5, 0.6) is 0 Å². The van der Waals surface area contributed by atoms with E-state index in [1.54, 1.807) is 0 Å². The number of hydrogen-bond donors (Lipinski definition) is 1. The number of nitrogens with one attached hydrogen (secondary N) is 1. The van der Waals surface area contributed by atoms with Crippen molar-refractivity contribution in [3.05, 3.63) is 69.7 Å². The Balaban J connectivity index is 2.44. The van der Waals surface area contributed by atoms with Crippen molar-refractivity contribution < 1.29 is 0 Å². The van der Waals surface area contributed by atoms with Gasteiger partial charge in [0.25, 0.3) is 0 Å². The highest BCUT2D eigenvalue weighted by Gasteiger charge is 2.16. The predicted molar refractivity (Wildman–Crippen MR) is 92.1 cm³/mol. The van der Waals surface area contributed by atoms with Crippen molar-refractivity contribution in [3.8, 4) is 0 Å². The summed E-state index contributed by atoms with van der Waals surface area (Å²) in [5.74, 6) is 0. The molecular weight excluding hydrogens is 278 g/mol. The fraction of sp³-hybridized carbons (Fsp3) is 0.368. The molecule has 112 valence electrons. The Morgan fingerprint density at radius 1 is 1.10 bits per heavy atom. The van der Waals surface area contributed by atoms with Gasteiger partial charge >= 0.3 is 0 Å². The minimum Gasteiger partial charge on any atom is -0.306 e. The molecule has 2 heteroatoms. The summed E-state index contributed by atoms with van der Waals surface area (Å²) >= 11 is 6.21. The van der Waals surface area contributed by atoms with E-state index in [1.165, 1.54) is 22.3 Å². The molecule has 0 aromatic heterocycles. The maximum atomic E-state index is 6.21. The standard InChI is InChI=1S/C19H24ClN/c1-4-11-21-19(16-8-6-7-15(5-2)12-16)18-13-17(20)10-9-14(18)3/h6-10,12-13,19,21H,4-5,11H2,1-3H3. The van der Waals surface area contributed by atoms with Crippen LogP contribution in [0.1, 0.15) is 48.6 Å². The van der Waals surface area contributed by atoms with Crippen molar-refractivity contribution >= 4 is 11.6 Å². The molecule has 0 bridgehead atoms. The molecule has 0 fully saturated rings. The van der Waals surface area contributed by atoms with E-state index >= 15 is 0 Å². The average Bonchev–Trinajstić information content (AvgIpc) is 2.51. The first-order valence-corrected chi connectivity index (χ1v) is 8.11. The summed E-state index contributed by atoms with van der Waals surface area (Å²) in [7, 11) is 0. The normalized spacial score (nSPS) is 12.4. The first-order chi connectivity index (χ1) is 10.2. The Kier molecular flexibility index (Phi) is 5.84. The molecule has 2 aromatic rings. The zero-order valence-corrected chi connectivity index (χ0v) is 13.9. The lowest BCUT2D eigenvalue weighted by Gasteiger charge is -2.22. The molecule has 0 aliphatic rings. The monoisotopic (exact) mass is 301 g/mol. The maximum Gasteiger partial charge on any atom is 0.0579 e. The molecule has 2 aromatic carbocycles. The molecule has 0 aliphatic carbocycles. The van der Waals surface area contributed by atoms with Gasteiger partial charge in [0.1, 0.15) is 0 Å². The maximum absolute atomic E-state index is 6.21. The minimum atomic E-state index is 0.204. The van der Waals surface area contributed by atoms with Crippen LogP contribution in [0, 0.1) is 6.92 Å². The molecule has 0 saturated heterocycles. The summed E-state index contributed by atoms with van der Waals surface area (Å²) in [6, 6.07) is 15.2. The smallest absolute Gasteiger partial charge is 0.0579 e. The van der Waals surface area contributed by atoms with Crippen LogP contribution in [-0.4, -0.2) is 6.54 Å². The van der Waals surface area contributed by atoms with Gasteiger partial charge in [0, 0.05) is 5.02 Å². The summed E-state index contributed by atoms with van der Waals surface area (Å²) < 4.78 is 0. The van der Waals surface area contributed by atoms with Crippen molar-refractivity contribution in [2.24, 2.45) is 0 Å². The van der Waals surface area contributed by atoms with Gasteiger partial charge in [-0.3, -0.25) is 0 Å². The Bertz CT molecular complexity index is 592. The van der Waals surface area contributed by atoms with Crippen LogP contribution in [0.25, 0.3) is 0 Å². The van der Waals surface area contributed by atoms with Gasteiger partial charge in [0.05, 0.1) is 6.04 Å². The first kappa shape index (κ1) is 16.1. The van der Waals surface area contributed by atoms with Gasteiger partial charge in [0.15, 0.2) is 0 Å². The van der Waals surface area contributed by atoms with Gasteiger partial charge in [-0.25, -0.2) is 0 Å². The Morgan fingerprint density at radius 3 is 2.62 bits per heavy atom. The van der Waals surface area contributed by atoms with Crippen LogP contribution >= 0.6 is 11.6 Å². The molecule has 21 heavy (non-hydrogen) atoms. The third-order valence-corrected chi connectivity index (χ3v) is 4.08. The van der Waals surface area contributed by atoms with Crippen LogP contribution < -0.4 is 5.32 Å². The molecule has 1 unspecified atom stereocenters. The van der Waals surface area contributed by atoms with E-state index in [0.29, 0.717) is 0 Å². The summed E-state index contributed by atoms with van der Waals surface area (Å²) in [6.07, 6.45) is 2.17. The second-order valence-electron chi connectivity index (χ2n) is 5.49. The lowest BCUT2D eigenvalue weighted by Crippen LogP contribution is -2.24. The molecule has 1 atom stereocenters. The average molecular weight is 302 g/mol. The molecule has 1 N–H and O–H groups in total. The molecule has 0 heterocycles. The zero-order chi connectivity index (χ0) is 15.2. The largest absolute Gasteiger partial charge is 0.306 e. The van der Waals surface area contributed by atoms with Crippen LogP contribution in [0.2, 0.25) is 5.02 Å². The minimum absolute atomic E-state index is 0.204. The molecule has 0 radical (unpaired) electrons. The van der Waals surface area contributed by atoms with E-state index in [4.69, 9.17) is 11.6 Å². The Hall–Kier alpha value is -1.31. The van der Waals surface area contributed by atoms with Crippen LogP contribution in [0.3, 0.4) is 0 Å². The van der Waals surface area contributed by atoms with Crippen LogP contribution in [0.4, 0.5) is 0 Å². The highest BCUT2D eigenvalue weighted by molar-refractivity contribution is 6.30. The van der Waals surface area contributed by atoms with E-state index < -0.39 is 0 Å². The van der Waals surface area contributed by atoms with Crippen molar-refractivity contribution in [1.29, 1.82) is 0 Å². The molecule has 0 saturated carbocycles. The van der Waals surface area contributed by atoms with Gasteiger partial charge < -0.3 is 5.32 Å². The molecule has 0 amide bonds. The van der Waals surface area contributed by atoms with Gasteiger partial charge in [-0.1, -0.05) is 55.8 Å². The van der Waals surface area contributed by atoms with Gasteiger partial charge in [-0.15, -0.1) is 0 Å². The molecule has 0 aliphatic heterocycles.